The van der Waals surface area contributed by atoms with E-state index in [9.17, 15) is 18.0 Å². The predicted octanol–water partition coefficient (Wildman–Crippen LogP) is 5.88. The normalized spacial score (nSPS) is 12.7. The Morgan fingerprint density at radius 1 is 0.952 bits per heavy atom. The average molecular weight is 614 g/mol. The Kier molecular flexibility index (Phi) is 11.4. The number of hydrogen-bond acceptors (Lipinski definition) is 5. The number of nitrogens with zero attached hydrogens (tertiary/aromatic N) is 2. The molecule has 8 nitrogen and oxygen atoms in total. The Balaban J connectivity index is 2.08. The van der Waals surface area contributed by atoms with E-state index in [1.54, 1.807) is 43.5 Å². The summed E-state index contributed by atoms with van der Waals surface area (Å²) in [5, 5.41) is 3.35. The fourth-order valence-corrected chi connectivity index (χ4v) is 5.97. The molecule has 2 amide bonds. The van der Waals surface area contributed by atoms with Crippen molar-refractivity contribution in [1.82, 2.24) is 10.2 Å². The van der Waals surface area contributed by atoms with Gasteiger partial charge in [0.1, 0.15) is 18.3 Å². The minimum atomic E-state index is -4.18. The summed E-state index contributed by atoms with van der Waals surface area (Å²) in [6, 6.07) is 17.6. The first-order valence-corrected chi connectivity index (χ1v) is 15.8. The van der Waals surface area contributed by atoms with Crippen molar-refractivity contribution in [1.29, 1.82) is 0 Å². The number of methoxy groups -OCH3 is 1. The number of hydrogen-bond donors (Lipinski definition) is 1. The van der Waals surface area contributed by atoms with E-state index in [0.717, 1.165) is 27.4 Å². The minimum Gasteiger partial charge on any atom is -0.497 e. The number of anilines is 1. The molecule has 0 bridgehead atoms. The minimum absolute atomic E-state index is 0.0425. The largest absolute Gasteiger partial charge is 0.497 e. The number of nitrogens with one attached hydrogen (secondary N) is 1. The maximum absolute atomic E-state index is 14.2. The number of carbonyl (C=O) groups is 2. The van der Waals surface area contributed by atoms with E-state index < -0.39 is 28.5 Å². The Morgan fingerprint density at radius 3 is 2.14 bits per heavy atom. The summed E-state index contributed by atoms with van der Waals surface area (Å²) in [4.78, 5) is 29.1. The molecule has 0 fully saturated rings. The Hall–Kier alpha value is -3.56. The fraction of sp³-hybridized carbons (Fsp3) is 0.375. The third-order valence-corrected chi connectivity index (χ3v) is 9.43. The van der Waals surface area contributed by atoms with Crippen LogP contribution in [0.4, 0.5) is 5.69 Å². The lowest BCUT2D eigenvalue weighted by atomic mass is 10.1. The second-order valence-corrected chi connectivity index (χ2v) is 12.6. The molecule has 3 aromatic rings. The van der Waals surface area contributed by atoms with Crippen LogP contribution in [0.5, 0.6) is 5.75 Å². The van der Waals surface area contributed by atoms with Gasteiger partial charge in [0.05, 0.1) is 17.7 Å². The molecule has 10 heteroatoms. The molecule has 0 aromatic heterocycles. The first-order chi connectivity index (χ1) is 19.9. The van der Waals surface area contributed by atoms with E-state index in [-0.39, 0.29) is 29.1 Å². The molecular formula is C32H40ClN3O5S. The zero-order chi connectivity index (χ0) is 31.0. The van der Waals surface area contributed by atoms with Gasteiger partial charge < -0.3 is 15.0 Å². The van der Waals surface area contributed by atoms with E-state index >= 15 is 0 Å². The molecule has 1 N–H and O–H groups in total. The summed E-state index contributed by atoms with van der Waals surface area (Å²) < 4.78 is 34.3. The maximum atomic E-state index is 14.2. The first-order valence-electron chi connectivity index (χ1n) is 14.0. The number of halogens is 1. The van der Waals surface area contributed by atoms with Gasteiger partial charge in [-0.05, 0) is 81.1 Å². The van der Waals surface area contributed by atoms with Gasteiger partial charge in [0.25, 0.3) is 10.0 Å². The van der Waals surface area contributed by atoms with Gasteiger partial charge in [0.2, 0.25) is 11.8 Å². The first kappa shape index (κ1) is 32.9. The van der Waals surface area contributed by atoms with Gasteiger partial charge in [-0.3, -0.25) is 13.9 Å². The quantitative estimate of drug-likeness (QED) is 0.260. The number of amides is 2. The van der Waals surface area contributed by atoms with Crippen LogP contribution in [0.3, 0.4) is 0 Å². The van der Waals surface area contributed by atoms with Crippen LogP contribution in [-0.4, -0.2) is 50.9 Å². The van der Waals surface area contributed by atoms with Crippen molar-refractivity contribution < 1.29 is 22.7 Å². The molecule has 2 atom stereocenters. The summed E-state index contributed by atoms with van der Waals surface area (Å²) in [5.41, 5.74) is 2.69. The average Bonchev–Trinajstić information content (AvgIpc) is 2.97. The number of aryl methyl sites for hydroxylation is 2. The molecule has 0 unspecified atom stereocenters. The Labute approximate surface area is 254 Å². The van der Waals surface area contributed by atoms with Crippen molar-refractivity contribution in [2.75, 3.05) is 18.0 Å². The monoisotopic (exact) mass is 613 g/mol. The van der Waals surface area contributed by atoms with Crippen molar-refractivity contribution in [2.24, 2.45) is 0 Å². The highest BCUT2D eigenvalue weighted by atomic mass is 35.5. The standard InChI is InChI=1S/C32H40ClN3O5S/c1-7-24(5)34-32(38)30(8-2)35(20-25-12-15-27(41-6)16-13-25)31(37)21-36(26-14-11-23(4)29(33)19-26)42(39,40)28-17-9-22(3)10-18-28/h9-19,24,30H,7-8,20-21H2,1-6H3,(H,34,38)/t24-,30+/m1/s1. The van der Waals surface area contributed by atoms with Crippen LogP contribution >= 0.6 is 11.6 Å². The van der Waals surface area contributed by atoms with E-state index in [4.69, 9.17) is 16.3 Å². The van der Waals surface area contributed by atoms with Gasteiger partial charge in [0.15, 0.2) is 0 Å². The van der Waals surface area contributed by atoms with E-state index in [2.05, 4.69) is 5.32 Å². The highest BCUT2D eigenvalue weighted by Gasteiger charge is 2.34. The van der Waals surface area contributed by atoms with Crippen LogP contribution in [0.2, 0.25) is 5.02 Å². The van der Waals surface area contributed by atoms with E-state index in [1.807, 2.05) is 46.8 Å². The molecule has 0 saturated heterocycles. The van der Waals surface area contributed by atoms with Crippen LogP contribution in [0.1, 0.15) is 50.3 Å². The van der Waals surface area contributed by atoms with Crippen LogP contribution in [0, 0.1) is 13.8 Å². The van der Waals surface area contributed by atoms with Gasteiger partial charge in [0, 0.05) is 17.6 Å². The number of benzene rings is 3. The van der Waals surface area contributed by atoms with Crippen LogP contribution in [0.15, 0.2) is 71.6 Å². The lowest BCUT2D eigenvalue weighted by Crippen LogP contribution is -2.53. The number of rotatable bonds is 13. The zero-order valence-electron chi connectivity index (χ0n) is 25.1. The van der Waals surface area contributed by atoms with Gasteiger partial charge in [-0.2, -0.15) is 0 Å². The summed E-state index contributed by atoms with van der Waals surface area (Å²) in [6.07, 6.45) is 1.07. The van der Waals surface area contributed by atoms with E-state index in [1.165, 1.54) is 23.1 Å². The van der Waals surface area contributed by atoms with Crippen LogP contribution in [-0.2, 0) is 26.2 Å². The summed E-state index contributed by atoms with van der Waals surface area (Å²) in [7, 11) is -2.61. The predicted molar refractivity (Wildman–Crippen MR) is 167 cm³/mol. The van der Waals surface area contributed by atoms with Crippen molar-refractivity contribution in [3.8, 4) is 5.75 Å². The second-order valence-electron chi connectivity index (χ2n) is 10.4. The molecule has 0 saturated carbocycles. The molecule has 0 spiro atoms. The number of carbonyl (C=O) groups excluding carboxylic acids is 2. The highest BCUT2D eigenvalue weighted by Crippen LogP contribution is 2.29. The SMILES string of the molecule is CC[C@@H](C)NC(=O)[C@H](CC)N(Cc1ccc(OC)cc1)C(=O)CN(c1ccc(C)c(Cl)c1)S(=O)(=O)c1ccc(C)cc1. The van der Waals surface area contributed by atoms with Gasteiger partial charge in [-0.15, -0.1) is 0 Å². The lowest BCUT2D eigenvalue weighted by Gasteiger charge is -2.34. The van der Waals surface area contributed by atoms with Crippen molar-refractivity contribution in [2.45, 2.75) is 71.0 Å². The summed E-state index contributed by atoms with van der Waals surface area (Å²) in [6.45, 7) is 8.94. The van der Waals surface area contributed by atoms with E-state index in [0.29, 0.717) is 17.2 Å². The van der Waals surface area contributed by atoms with Crippen molar-refractivity contribution in [3.05, 3.63) is 88.4 Å². The maximum Gasteiger partial charge on any atom is 0.264 e. The lowest BCUT2D eigenvalue weighted by molar-refractivity contribution is -0.140. The molecule has 3 aromatic carbocycles. The van der Waals surface area contributed by atoms with Gasteiger partial charge in [-0.1, -0.05) is 61.3 Å². The summed E-state index contributed by atoms with van der Waals surface area (Å²) in [5.74, 6) is -0.158. The molecule has 42 heavy (non-hydrogen) atoms. The molecule has 0 aliphatic heterocycles. The van der Waals surface area contributed by atoms with Crippen molar-refractivity contribution in [3.63, 3.8) is 0 Å². The molecule has 0 aliphatic carbocycles. The molecule has 3 rings (SSSR count). The Bertz CT molecular complexity index is 1480. The summed E-state index contributed by atoms with van der Waals surface area (Å²) >= 11 is 6.40. The molecule has 0 heterocycles. The third-order valence-electron chi connectivity index (χ3n) is 7.23. The van der Waals surface area contributed by atoms with Gasteiger partial charge in [-0.25, -0.2) is 8.42 Å². The topological polar surface area (TPSA) is 96.0 Å². The second kappa shape index (κ2) is 14.6. The number of ether oxygens (including phenoxy) is 1. The van der Waals surface area contributed by atoms with Crippen LogP contribution < -0.4 is 14.4 Å². The molecule has 0 aliphatic rings. The van der Waals surface area contributed by atoms with Crippen molar-refractivity contribution >= 4 is 39.1 Å². The highest BCUT2D eigenvalue weighted by molar-refractivity contribution is 7.92. The fourth-order valence-electron chi connectivity index (χ4n) is 4.39. The number of sulfonamides is 1. The third kappa shape index (κ3) is 8.04. The Morgan fingerprint density at radius 2 is 1.60 bits per heavy atom. The zero-order valence-corrected chi connectivity index (χ0v) is 26.6. The smallest absolute Gasteiger partial charge is 0.264 e. The van der Waals surface area contributed by atoms with Crippen LogP contribution in [0.25, 0.3) is 0 Å². The molecule has 226 valence electrons. The van der Waals surface area contributed by atoms with Gasteiger partial charge >= 0.3 is 0 Å². The molecular weight excluding hydrogens is 574 g/mol. The molecule has 0 radical (unpaired) electrons.